The largest absolute Gasteiger partial charge is 0.376 e. The fraction of sp³-hybridized carbons (Fsp3) is 0.333. The van der Waals surface area contributed by atoms with Crippen molar-refractivity contribution in [2.24, 2.45) is 0 Å². The van der Waals surface area contributed by atoms with Crippen LogP contribution in [0.2, 0.25) is 0 Å². The van der Waals surface area contributed by atoms with Crippen LogP contribution >= 0.6 is 0 Å². The third-order valence-corrected chi connectivity index (χ3v) is 4.34. The summed E-state index contributed by atoms with van der Waals surface area (Å²) < 4.78 is 11.5. The van der Waals surface area contributed by atoms with E-state index in [9.17, 15) is 0 Å². The average molecular weight is 266 g/mol. The number of ether oxygens (including phenoxy) is 2. The van der Waals surface area contributed by atoms with E-state index in [1.165, 1.54) is 27.8 Å². The zero-order chi connectivity index (χ0) is 13.4. The van der Waals surface area contributed by atoms with Gasteiger partial charge in [0.15, 0.2) is 0 Å². The van der Waals surface area contributed by atoms with Crippen LogP contribution in [0.1, 0.15) is 33.9 Å². The molecule has 0 amide bonds. The van der Waals surface area contributed by atoms with E-state index in [1.54, 1.807) is 0 Å². The second-order valence-electron chi connectivity index (χ2n) is 5.60. The molecule has 0 N–H and O–H groups in total. The van der Waals surface area contributed by atoms with E-state index >= 15 is 0 Å². The van der Waals surface area contributed by atoms with E-state index in [4.69, 9.17) is 9.47 Å². The van der Waals surface area contributed by atoms with Crippen LogP contribution in [0.15, 0.2) is 42.5 Å². The van der Waals surface area contributed by atoms with Crippen LogP contribution in [0.4, 0.5) is 0 Å². The van der Waals surface area contributed by atoms with Crippen molar-refractivity contribution in [2.45, 2.75) is 32.2 Å². The molecule has 0 spiro atoms. The molecule has 0 bridgehead atoms. The van der Waals surface area contributed by atoms with Crippen molar-refractivity contribution in [1.29, 1.82) is 0 Å². The molecule has 2 aliphatic rings. The van der Waals surface area contributed by atoms with Gasteiger partial charge in [0.05, 0.1) is 25.9 Å². The second kappa shape index (κ2) is 5.04. The van der Waals surface area contributed by atoms with Crippen molar-refractivity contribution in [3.05, 3.63) is 70.3 Å². The number of fused-ring (bicyclic) bond motifs is 2. The van der Waals surface area contributed by atoms with Gasteiger partial charge in [-0.15, -0.1) is 0 Å². The highest BCUT2D eigenvalue weighted by Gasteiger charge is 2.21. The van der Waals surface area contributed by atoms with E-state index < -0.39 is 0 Å². The Morgan fingerprint density at radius 1 is 0.850 bits per heavy atom. The number of benzene rings is 2. The predicted molar refractivity (Wildman–Crippen MR) is 77.5 cm³/mol. The summed E-state index contributed by atoms with van der Waals surface area (Å²) >= 11 is 0. The van der Waals surface area contributed by atoms with Crippen LogP contribution in [0, 0.1) is 0 Å². The molecule has 2 aliphatic heterocycles. The van der Waals surface area contributed by atoms with Crippen molar-refractivity contribution in [3.8, 4) is 0 Å². The van der Waals surface area contributed by atoms with Crippen LogP contribution in [0.5, 0.6) is 0 Å². The van der Waals surface area contributed by atoms with Gasteiger partial charge in [0.1, 0.15) is 0 Å². The van der Waals surface area contributed by atoms with Crippen LogP contribution in [0.25, 0.3) is 0 Å². The SMILES string of the molecule is c1ccc2c(c1)COC(c1ccc3c(c1)CCOC3)C2. The van der Waals surface area contributed by atoms with Gasteiger partial charge in [0.25, 0.3) is 0 Å². The van der Waals surface area contributed by atoms with Crippen molar-refractivity contribution < 1.29 is 9.47 Å². The van der Waals surface area contributed by atoms with E-state index in [-0.39, 0.29) is 6.10 Å². The first-order valence-corrected chi connectivity index (χ1v) is 7.28. The lowest BCUT2D eigenvalue weighted by molar-refractivity contribution is 0.0272. The summed E-state index contributed by atoms with van der Waals surface area (Å²) in [6.07, 6.45) is 2.19. The first-order chi connectivity index (χ1) is 9.90. The third-order valence-electron chi connectivity index (χ3n) is 4.34. The molecule has 2 aromatic rings. The molecule has 4 rings (SSSR count). The molecule has 1 unspecified atom stereocenters. The molecule has 2 nitrogen and oxygen atoms in total. The van der Waals surface area contributed by atoms with Crippen LogP contribution in [-0.2, 0) is 35.5 Å². The van der Waals surface area contributed by atoms with Crippen molar-refractivity contribution in [2.75, 3.05) is 6.61 Å². The van der Waals surface area contributed by atoms with Gasteiger partial charge >= 0.3 is 0 Å². The topological polar surface area (TPSA) is 18.5 Å². The molecule has 20 heavy (non-hydrogen) atoms. The van der Waals surface area contributed by atoms with Gasteiger partial charge in [0, 0.05) is 6.42 Å². The van der Waals surface area contributed by atoms with Crippen molar-refractivity contribution >= 4 is 0 Å². The van der Waals surface area contributed by atoms with Crippen LogP contribution in [0.3, 0.4) is 0 Å². The molecule has 0 aromatic heterocycles. The fourth-order valence-electron chi connectivity index (χ4n) is 3.14. The van der Waals surface area contributed by atoms with Crippen LogP contribution < -0.4 is 0 Å². The van der Waals surface area contributed by atoms with Crippen molar-refractivity contribution in [1.82, 2.24) is 0 Å². The number of hydrogen-bond donors (Lipinski definition) is 0. The Balaban J connectivity index is 1.63. The average Bonchev–Trinajstić information content (AvgIpc) is 2.54. The van der Waals surface area contributed by atoms with E-state index in [0.29, 0.717) is 0 Å². The summed E-state index contributed by atoms with van der Waals surface area (Å²) in [6.45, 7) is 2.32. The highest BCUT2D eigenvalue weighted by atomic mass is 16.5. The van der Waals surface area contributed by atoms with Gasteiger partial charge in [-0.05, 0) is 34.2 Å². The molecular formula is C18H18O2. The minimum Gasteiger partial charge on any atom is -0.376 e. The van der Waals surface area contributed by atoms with Crippen molar-refractivity contribution in [3.63, 3.8) is 0 Å². The third kappa shape index (κ3) is 2.15. The smallest absolute Gasteiger partial charge is 0.0870 e. The number of hydrogen-bond acceptors (Lipinski definition) is 2. The molecule has 1 atom stereocenters. The second-order valence-corrected chi connectivity index (χ2v) is 5.60. The molecule has 0 aliphatic carbocycles. The Labute approximate surface area is 119 Å². The summed E-state index contributed by atoms with van der Waals surface area (Å²) in [4.78, 5) is 0. The van der Waals surface area contributed by atoms with E-state index in [1.807, 2.05) is 0 Å². The summed E-state index contributed by atoms with van der Waals surface area (Å²) in [7, 11) is 0. The summed E-state index contributed by atoms with van der Waals surface area (Å²) in [6, 6.07) is 15.3. The predicted octanol–water partition coefficient (Wildman–Crippen LogP) is 3.57. The Kier molecular flexibility index (Phi) is 3.06. The highest BCUT2D eigenvalue weighted by Crippen LogP contribution is 2.32. The first kappa shape index (κ1) is 12.1. The van der Waals surface area contributed by atoms with Gasteiger partial charge < -0.3 is 9.47 Å². The molecule has 2 aromatic carbocycles. The maximum Gasteiger partial charge on any atom is 0.0870 e. The quantitative estimate of drug-likeness (QED) is 0.785. The molecular weight excluding hydrogens is 248 g/mol. The molecule has 0 saturated heterocycles. The standard InChI is InChI=1S/C18H18O2/c1-2-4-16-12-20-18(10-13(16)3-1)15-5-6-17-11-19-8-7-14(17)9-15/h1-6,9,18H,7-8,10-12H2. The molecule has 0 radical (unpaired) electrons. The van der Waals surface area contributed by atoms with Gasteiger partial charge in [-0.1, -0.05) is 42.5 Å². The van der Waals surface area contributed by atoms with E-state index in [2.05, 4.69) is 42.5 Å². The van der Waals surface area contributed by atoms with Gasteiger partial charge in [-0.3, -0.25) is 0 Å². The van der Waals surface area contributed by atoms with E-state index in [0.717, 1.165) is 32.7 Å². The first-order valence-electron chi connectivity index (χ1n) is 7.28. The Morgan fingerprint density at radius 2 is 1.70 bits per heavy atom. The van der Waals surface area contributed by atoms with Gasteiger partial charge in [0.2, 0.25) is 0 Å². The highest BCUT2D eigenvalue weighted by molar-refractivity contribution is 5.36. The van der Waals surface area contributed by atoms with Gasteiger partial charge in [-0.2, -0.15) is 0 Å². The Hall–Kier alpha value is -1.64. The summed E-state index contributed by atoms with van der Waals surface area (Å²) in [5.74, 6) is 0. The minimum atomic E-state index is 0.193. The van der Waals surface area contributed by atoms with Gasteiger partial charge in [-0.25, -0.2) is 0 Å². The Morgan fingerprint density at radius 3 is 2.65 bits per heavy atom. The lowest BCUT2D eigenvalue weighted by Gasteiger charge is -2.27. The maximum atomic E-state index is 6.05. The molecule has 2 heterocycles. The summed E-state index contributed by atoms with van der Waals surface area (Å²) in [5.41, 5.74) is 6.81. The summed E-state index contributed by atoms with van der Waals surface area (Å²) in [5, 5.41) is 0. The minimum absolute atomic E-state index is 0.193. The Bertz CT molecular complexity index is 633. The molecule has 0 saturated carbocycles. The monoisotopic (exact) mass is 266 g/mol. The lowest BCUT2D eigenvalue weighted by atomic mass is 9.92. The molecule has 2 heteroatoms. The maximum absolute atomic E-state index is 6.05. The normalized spacial score (nSPS) is 21.1. The van der Waals surface area contributed by atoms with Crippen LogP contribution in [-0.4, -0.2) is 6.61 Å². The zero-order valence-corrected chi connectivity index (χ0v) is 11.5. The lowest BCUT2D eigenvalue weighted by Crippen LogP contribution is -2.17. The number of rotatable bonds is 1. The zero-order valence-electron chi connectivity index (χ0n) is 11.5. The molecule has 102 valence electrons. The fourth-order valence-corrected chi connectivity index (χ4v) is 3.14. The molecule has 0 fully saturated rings.